The average Bonchev–Trinajstić information content (AvgIpc) is 2.91. The molecule has 1 amide bonds. The zero-order chi connectivity index (χ0) is 24.8. The SMILES string of the molecule is O=C1c2ccccc2C(=O)c2c(NC(=O)c3cc(-c4cccc(Br)c4)nc4ccccc34)cccc21. The second-order valence-electron chi connectivity index (χ2n) is 8.47. The summed E-state index contributed by atoms with van der Waals surface area (Å²) >= 11 is 3.49. The number of amides is 1. The van der Waals surface area contributed by atoms with Crippen LogP contribution in [-0.4, -0.2) is 22.5 Å². The molecule has 1 aromatic heterocycles. The van der Waals surface area contributed by atoms with Gasteiger partial charge >= 0.3 is 0 Å². The number of rotatable bonds is 3. The van der Waals surface area contributed by atoms with E-state index in [1.54, 1.807) is 48.5 Å². The number of anilines is 1. The molecular weight excluding hydrogens is 516 g/mol. The molecule has 1 N–H and O–H groups in total. The van der Waals surface area contributed by atoms with Crippen LogP contribution in [0, 0.1) is 0 Å². The molecule has 0 saturated carbocycles. The molecular formula is C30H17BrN2O3. The third-order valence-corrected chi connectivity index (χ3v) is 6.78. The van der Waals surface area contributed by atoms with Crippen LogP contribution in [0.15, 0.2) is 102 Å². The highest BCUT2D eigenvalue weighted by Gasteiger charge is 2.32. The number of hydrogen-bond acceptors (Lipinski definition) is 4. The number of nitrogens with one attached hydrogen (secondary N) is 1. The lowest BCUT2D eigenvalue weighted by Crippen LogP contribution is -2.24. The third-order valence-electron chi connectivity index (χ3n) is 6.28. The molecule has 6 heteroatoms. The number of ketones is 2. The van der Waals surface area contributed by atoms with E-state index >= 15 is 0 Å². The molecule has 172 valence electrons. The largest absolute Gasteiger partial charge is 0.321 e. The van der Waals surface area contributed by atoms with Crippen molar-refractivity contribution in [1.29, 1.82) is 0 Å². The number of halogens is 1. The zero-order valence-electron chi connectivity index (χ0n) is 18.8. The summed E-state index contributed by atoms with van der Waals surface area (Å²) < 4.78 is 0.903. The molecule has 0 saturated heterocycles. The second-order valence-corrected chi connectivity index (χ2v) is 9.38. The van der Waals surface area contributed by atoms with Crippen molar-refractivity contribution in [2.75, 3.05) is 5.32 Å². The van der Waals surface area contributed by atoms with Crippen molar-refractivity contribution in [1.82, 2.24) is 4.98 Å². The standard InChI is InChI=1S/C30H17BrN2O3/c31-18-8-5-7-17(15-18)26-16-23(19-9-3-4-13-24(19)32-26)30(36)33-25-14-6-12-22-27(25)29(35)21-11-2-1-10-20(21)28(22)34/h1-16H,(H,33,36). The highest BCUT2D eigenvalue weighted by Crippen LogP contribution is 2.33. The Kier molecular flexibility index (Phi) is 5.31. The topological polar surface area (TPSA) is 76.1 Å². The number of pyridine rings is 1. The predicted octanol–water partition coefficient (Wildman–Crippen LogP) is 6.69. The Hall–Kier alpha value is -4.42. The first kappa shape index (κ1) is 22.1. The van der Waals surface area contributed by atoms with Gasteiger partial charge in [0, 0.05) is 32.1 Å². The summed E-state index contributed by atoms with van der Waals surface area (Å²) in [5.74, 6) is -0.912. The Bertz CT molecular complexity index is 1740. The lowest BCUT2D eigenvalue weighted by atomic mass is 9.83. The summed E-state index contributed by atoms with van der Waals surface area (Å²) in [6, 6.07) is 28.6. The first-order valence-corrected chi connectivity index (χ1v) is 12.1. The molecule has 0 fully saturated rings. The molecule has 36 heavy (non-hydrogen) atoms. The first-order chi connectivity index (χ1) is 17.5. The molecule has 1 heterocycles. The Balaban J connectivity index is 1.45. The van der Waals surface area contributed by atoms with Crippen LogP contribution >= 0.6 is 15.9 Å². The number of fused-ring (bicyclic) bond motifs is 3. The highest BCUT2D eigenvalue weighted by atomic mass is 79.9. The van der Waals surface area contributed by atoms with E-state index in [1.807, 2.05) is 48.5 Å². The summed E-state index contributed by atoms with van der Waals surface area (Å²) in [6.45, 7) is 0. The number of carbonyl (C=O) groups excluding carboxylic acids is 3. The molecule has 6 rings (SSSR count). The Morgan fingerprint density at radius 1 is 0.722 bits per heavy atom. The number of benzene rings is 4. The Labute approximate surface area is 214 Å². The van der Waals surface area contributed by atoms with Gasteiger partial charge in [0.05, 0.1) is 28.0 Å². The van der Waals surface area contributed by atoms with Gasteiger partial charge < -0.3 is 5.32 Å². The minimum Gasteiger partial charge on any atom is -0.321 e. The van der Waals surface area contributed by atoms with Crippen molar-refractivity contribution >= 4 is 50.0 Å². The van der Waals surface area contributed by atoms with Crippen LogP contribution in [0.3, 0.4) is 0 Å². The molecule has 0 radical (unpaired) electrons. The van der Waals surface area contributed by atoms with Gasteiger partial charge in [-0.3, -0.25) is 14.4 Å². The van der Waals surface area contributed by atoms with Gasteiger partial charge in [-0.05, 0) is 30.3 Å². The van der Waals surface area contributed by atoms with Crippen molar-refractivity contribution < 1.29 is 14.4 Å². The van der Waals surface area contributed by atoms with Crippen molar-refractivity contribution in [3.8, 4) is 11.3 Å². The van der Waals surface area contributed by atoms with E-state index in [-0.39, 0.29) is 22.7 Å². The second kappa shape index (κ2) is 8.66. The number of para-hydroxylation sites is 1. The summed E-state index contributed by atoms with van der Waals surface area (Å²) in [7, 11) is 0. The smallest absolute Gasteiger partial charge is 0.256 e. The van der Waals surface area contributed by atoms with Crippen LogP contribution in [-0.2, 0) is 0 Å². The van der Waals surface area contributed by atoms with Crippen molar-refractivity contribution in [3.05, 3.63) is 129 Å². The molecule has 1 aliphatic rings. The van der Waals surface area contributed by atoms with E-state index in [2.05, 4.69) is 21.2 Å². The van der Waals surface area contributed by atoms with Gasteiger partial charge in [0.25, 0.3) is 5.91 Å². The number of aromatic nitrogens is 1. The van der Waals surface area contributed by atoms with E-state index in [0.717, 1.165) is 10.0 Å². The van der Waals surface area contributed by atoms with Crippen LogP contribution in [0.1, 0.15) is 42.2 Å². The first-order valence-electron chi connectivity index (χ1n) is 11.3. The van der Waals surface area contributed by atoms with Gasteiger partial charge in [0.2, 0.25) is 0 Å². The predicted molar refractivity (Wildman–Crippen MR) is 143 cm³/mol. The fourth-order valence-corrected chi connectivity index (χ4v) is 5.00. The maximum absolute atomic E-state index is 13.7. The van der Waals surface area contributed by atoms with Crippen LogP contribution in [0.25, 0.3) is 22.2 Å². The Morgan fingerprint density at radius 3 is 2.22 bits per heavy atom. The maximum Gasteiger partial charge on any atom is 0.256 e. The van der Waals surface area contributed by atoms with E-state index < -0.39 is 5.91 Å². The van der Waals surface area contributed by atoms with Crippen LogP contribution in [0.5, 0.6) is 0 Å². The lowest BCUT2D eigenvalue weighted by Gasteiger charge is -2.20. The van der Waals surface area contributed by atoms with E-state index in [1.165, 1.54) is 0 Å². The third kappa shape index (κ3) is 3.63. The molecule has 5 nitrogen and oxygen atoms in total. The molecule has 0 bridgehead atoms. The number of nitrogens with zero attached hydrogens (tertiary/aromatic N) is 1. The van der Waals surface area contributed by atoms with Crippen LogP contribution < -0.4 is 5.32 Å². The molecule has 0 spiro atoms. The molecule has 5 aromatic rings. The van der Waals surface area contributed by atoms with Crippen molar-refractivity contribution in [3.63, 3.8) is 0 Å². The summed E-state index contributed by atoms with van der Waals surface area (Å²) in [5.41, 5.74) is 4.11. The lowest BCUT2D eigenvalue weighted by molar-refractivity contribution is 0.0978. The monoisotopic (exact) mass is 532 g/mol. The normalized spacial score (nSPS) is 12.2. The van der Waals surface area contributed by atoms with E-state index in [4.69, 9.17) is 4.98 Å². The number of carbonyl (C=O) groups is 3. The van der Waals surface area contributed by atoms with Crippen LogP contribution in [0.2, 0.25) is 0 Å². The van der Waals surface area contributed by atoms with Gasteiger partial charge in [0.15, 0.2) is 11.6 Å². The Morgan fingerprint density at radius 2 is 1.42 bits per heavy atom. The quantitative estimate of drug-likeness (QED) is 0.275. The fourth-order valence-electron chi connectivity index (χ4n) is 4.60. The minimum absolute atomic E-state index is 0.208. The molecule has 0 aliphatic heterocycles. The number of hydrogen-bond donors (Lipinski definition) is 1. The van der Waals surface area contributed by atoms with Crippen molar-refractivity contribution in [2.24, 2.45) is 0 Å². The van der Waals surface area contributed by atoms with E-state index in [9.17, 15) is 14.4 Å². The molecule has 1 aliphatic carbocycles. The summed E-state index contributed by atoms with van der Waals surface area (Å²) in [4.78, 5) is 44.9. The highest BCUT2D eigenvalue weighted by molar-refractivity contribution is 9.10. The summed E-state index contributed by atoms with van der Waals surface area (Å²) in [5, 5.41) is 3.59. The molecule has 4 aromatic carbocycles. The van der Waals surface area contributed by atoms with Crippen LogP contribution in [0.4, 0.5) is 5.69 Å². The maximum atomic E-state index is 13.7. The minimum atomic E-state index is -0.391. The van der Waals surface area contributed by atoms with Gasteiger partial charge in [-0.1, -0.05) is 82.7 Å². The zero-order valence-corrected chi connectivity index (χ0v) is 20.4. The average molecular weight is 533 g/mol. The van der Waals surface area contributed by atoms with E-state index in [0.29, 0.717) is 39.0 Å². The fraction of sp³-hybridized carbons (Fsp3) is 0. The van der Waals surface area contributed by atoms with Crippen molar-refractivity contribution in [2.45, 2.75) is 0 Å². The molecule has 0 atom stereocenters. The van der Waals surface area contributed by atoms with Gasteiger partial charge in [0.1, 0.15) is 0 Å². The van der Waals surface area contributed by atoms with Gasteiger partial charge in [-0.25, -0.2) is 4.98 Å². The summed E-state index contributed by atoms with van der Waals surface area (Å²) in [6.07, 6.45) is 0. The van der Waals surface area contributed by atoms with Gasteiger partial charge in [-0.15, -0.1) is 0 Å². The van der Waals surface area contributed by atoms with Gasteiger partial charge in [-0.2, -0.15) is 0 Å². The molecule has 0 unspecified atom stereocenters.